The minimum atomic E-state index is -0.315. The van der Waals surface area contributed by atoms with Crippen LogP contribution in [0.1, 0.15) is 47.1 Å². The van der Waals surface area contributed by atoms with Gasteiger partial charge < -0.3 is 14.4 Å². The van der Waals surface area contributed by atoms with Crippen molar-refractivity contribution in [1.82, 2.24) is 9.88 Å². The number of carbonyl (C=O) groups excluding carboxylic acids is 2. The van der Waals surface area contributed by atoms with E-state index in [1.807, 2.05) is 51.4 Å². The van der Waals surface area contributed by atoms with Crippen LogP contribution >= 0.6 is 23.3 Å². The standard InChI is InChI=1S/C27H23N3O3S2.C2H6/c1-3-33-27(32)17-4-7-22(8-5-17)35-29-21-13-19(14-28-15-21)25-11-10-24(34-25)18-6-9-23-20(12-18)16-30(2)26(23)31;1-2/h4-15,29H,3,16H2,1-2H3;1-2H3. The normalized spacial score (nSPS) is 12.0. The molecule has 1 aliphatic rings. The van der Waals surface area contributed by atoms with E-state index in [2.05, 4.69) is 34.0 Å². The molecule has 0 fully saturated rings. The quantitative estimate of drug-likeness (QED) is 0.198. The summed E-state index contributed by atoms with van der Waals surface area (Å²) in [4.78, 5) is 33.4. The number of carbonyl (C=O) groups is 2. The Morgan fingerprint density at radius 2 is 1.76 bits per heavy atom. The Labute approximate surface area is 225 Å². The number of nitrogens with zero attached hydrogens (tertiary/aromatic N) is 2. The van der Waals surface area contributed by atoms with Crippen molar-refractivity contribution in [1.29, 1.82) is 0 Å². The number of hydrogen-bond acceptors (Lipinski definition) is 7. The predicted molar refractivity (Wildman–Crippen MR) is 152 cm³/mol. The summed E-state index contributed by atoms with van der Waals surface area (Å²) in [5, 5.41) is 0. The van der Waals surface area contributed by atoms with Crippen molar-refractivity contribution >= 4 is 40.8 Å². The number of nitrogens with one attached hydrogen (secondary N) is 1. The first kappa shape index (κ1) is 26.4. The minimum Gasteiger partial charge on any atom is -0.462 e. The molecule has 1 aliphatic heterocycles. The average Bonchev–Trinajstić information content (AvgIpc) is 3.54. The van der Waals surface area contributed by atoms with E-state index < -0.39 is 0 Å². The van der Waals surface area contributed by atoms with Gasteiger partial charge in [0.25, 0.3) is 5.91 Å². The van der Waals surface area contributed by atoms with Gasteiger partial charge in [0.05, 0.1) is 24.1 Å². The molecule has 8 heteroatoms. The Hall–Kier alpha value is -3.62. The number of thiophene rings is 1. The number of aromatic nitrogens is 1. The lowest BCUT2D eigenvalue weighted by Gasteiger charge is -2.07. The predicted octanol–water partition coefficient (Wildman–Crippen LogP) is 7.38. The molecule has 0 saturated heterocycles. The van der Waals surface area contributed by atoms with E-state index in [1.165, 1.54) is 11.9 Å². The topological polar surface area (TPSA) is 71.5 Å². The number of fused-ring (bicyclic) bond motifs is 1. The number of anilines is 1. The Balaban J connectivity index is 0.00000156. The van der Waals surface area contributed by atoms with Gasteiger partial charge in [-0.05, 0) is 84.6 Å². The molecule has 5 rings (SSSR count). The van der Waals surface area contributed by atoms with Crippen molar-refractivity contribution in [3.05, 3.63) is 89.7 Å². The lowest BCUT2D eigenvalue weighted by Crippen LogP contribution is -2.17. The molecule has 0 bridgehead atoms. The van der Waals surface area contributed by atoms with E-state index in [1.54, 1.807) is 41.5 Å². The summed E-state index contributed by atoms with van der Waals surface area (Å²) in [5.74, 6) is -0.230. The highest BCUT2D eigenvalue weighted by molar-refractivity contribution is 8.00. The fourth-order valence-electron chi connectivity index (χ4n) is 3.89. The molecular weight excluding hydrogens is 502 g/mol. The smallest absolute Gasteiger partial charge is 0.338 e. The molecule has 0 radical (unpaired) electrons. The maximum atomic E-state index is 12.2. The van der Waals surface area contributed by atoms with Crippen molar-refractivity contribution in [2.24, 2.45) is 0 Å². The molecule has 0 atom stereocenters. The second kappa shape index (κ2) is 12.1. The zero-order chi connectivity index (χ0) is 26.4. The second-order valence-electron chi connectivity index (χ2n) is 8.11. The average molecular weight is 532 g/mol. The highest BCUT2D eigenvalue weighted by atomic mass is 32.2. The number of amides is 1. The number of ether oxygens (including phenoxy) is 1. The van der Waals surface area contributed by atoms with Crippen LogP contribution in [-0.4, -0.2) is 35.4 Å². The third-order valence-electron chi connectivity index (χ3n) is 5.66. The minimum absolute atomic E-state index is 0.0848. The third-order valence-corrected chi connectivity index (χ3v) is 7.68. The Morgan fingerprint density at radius 3 is 2.49 bits per heavy atom. The van der Waals surface area contributed by atoms with E-state index in [0.717, 1.165) is 42.6 Å². The molecule has 0 saturated carbocycles. The molecule has 0 aliphatic carbocycles. The van der Waals surface area contributed by atoms with Gasteiger partial charge in [-0.3, -0.25) is 9.78 Å². The molecule has 2 aromatic carbocycles. The van der Waals surface area contributed by atoms with Crippen LogP contribution < -0.4 is 4.72 Å². The van der Waals surface area contributed by atoms with Gasteiger partial charge in [0, 0.05) is 45.6 Å². The molecule has 2 aromatic heterocycles. The maximum absolute atomic E-state index is 12.2. The molecule has 3 heterocycles. The fraction of sp³-hybridized carbons (Fsp3) is 0.207. The summed E-state index contributed by atoms with van der Waals surface area (Å²) < 4.78 is 8.35. The number of hydrogen-bond donors (Lipinski definition) is 1. The van der Waals surface area contributed by atoms with Gasteiger partial charge in [-0.1, -0.05) is 19.9 Å². The van der Waals surface area contributed by atoms with E-state index in [-0.39, 0.29) is 11.9 Å². The van der Waals surface area contributed by atoms with Gasteiger partial charge in [0.2, 0.25) is 0 Å². The molecule has 4 aromatic rings. The largest absolute Gasteiger partial charge is 0.462 e. The first-order valence-corrected chi connectivity index (χ1v) is 13.8. The van der Waals surface area contributed by atoms with E-state index >= 15 is 0 Å². The number of pyridine rings is 1. The second-order valence-corrected chi connectivity index (χ2v) is 10.1. The third kappa shape index (κ3) is 6.03. The molecule has 1 amide bonds. The van der Waals surface area contributed by atoms with Crippen LogP contribution in [0.25, 0.3) is 20.9 Å². The Bertz CT molecular complexity index is 1400. The summed E-state index contributed by atoms with van der Waals surface area (Å²) in [5.41, 5.74) is 5.44. The van der Waals surface area contributed by atoms with Crippen LogP contribution in [0.3, 0.4) is 0 Å². The summed E-state index contributed by atoms with van der Waals surface area (Å²) in [6.45, 7) is 6.80. The number of rotatable bonds is 7. The van der Waals surface area contributed by atoms with Crippen molar-refractivity contribution in [3.8, 4) is 20.9 Å². The maximum Gasteiger partial charge on any atom is 0.338 e. The highest BCUT2D eigenvalue weighted by Gasteiger charge is 2.24. The van der Waals surface area contributed by atoms with Gasteiger partial charge in [-0.25, -0.2) is 4.79 Å². The van der Waals surface area contributed by atoms with Crippen LogP contribution in [-0.2, 0) is 11.3 Å². The number of esters is 1. The van der Waals surface area contributed by atoms with Crippen LogP contribution in [0.5, 0.6) is 0 Å². The van der Waals surface area contributed by atoms with Crippen LogP contribution in [0.15, 0.2) is 78.0 Å². The summed E-state index contributed by atoms with van der Waals surface area (Å²) in [6.07, 6.45) is 3.64. The first-order valence-electron chi connectivity index (χ1n) is 12.2. The zero-order valence-electron chi connectivity index (χ0n) is 21.3. The summed E-state index contributed by atoms with van der Waals surface area (Å²) >= 11 is 3.16. The monoisotopic (exact) mass is 531 g/mol. The van der Waals surface area contributed by atoms with Crippen molar-refractivity contribution in [3.63, 3.8) is 0 Å². The van der Waals surface area contributed by atoms with Crippen molar-refractivity contribution < 1.29 is 14.3 Å². The fourth-order valence-corrected chi connectivity index (χ4v) is 5.49. The molecular formula is C29H29N3O3S2. The van der Waals surface area contributed by atoms with E-state index in [0.29, 0.717) is 18.7 Å². The lowest BCUT2D eigenvalue weighted by molar-refractivity contribution is 0.0526. The number of benzene rings is 2. The molecule has 190 valence electrons. The molecule has 6 nitrogen and oxygen atoms in total. The van der Waals surface area contributed by atoms with Gasteiger partial charge in [0.1, 0.15) is 0 Å². The van der Waals surface area contributed by atoms with Gasteiger partial charge in [-0.2, -0.15) is 0 Å². The first-order chi connectivity index (χ1) is 18.0. The molecule has 37 heavy (non-hydrogen) atoms. The summed E-state index contributed by atoms with van der Waals surface area (Å²) in [7, 11) is 1.83. The SMILES string of the molecule is CC.CCOC(=O)c1ccc(SNc2cncc(-c3ccc(-c4ccc5c(c4)CN(C)C5=O)s3)c2)cc1. The lowest BCUT2D eigenvalue weighted by atomic mass is 10.1. The highest BCUT2D eigenvalue weighted by Crippen LogP contribution is 2.37. The molecule has 0 unspecified atom stereocenters. The van der Waals surface area contributed by atoms with Crippen LogP contribution in [0.4, 0.5) is 5.69 Å². The molecule has 1 N–H and O–H groups in total. The van der Waals surface area contributed by atoms with Crippen molar-refractivity contribution in [2.75, 3.05) is 18.4 Å². The van der Waals surface area contributed by atoms with Crippen molar-refractivity contribution in [2.45, 2.75) is 32.2 Å². The summed E-state index contributed by atoms with van der Waals surface area (Å²) in [6, 6.07) is 19.6. The van der Waals surface area contributed by atoms with Crippen LogP contribution in [0.2, 0.25) is 0 Å². The van der Waals surface area contributed by atoms with E-state index in [4.69, 9.17) is 4.74 Å². The Kier molecular flexibility index (Phi) is 8.63. The van der Waals surface area contributed by atoms with Crippen LogP contribution in [0, 0.1) is 0 Å². The zero-order valence-corrected chi connectivity index (χ0v) is 22.9. The Morgan fingerprint density at radius 1 is 1.03 bits per heavy atom. The molecule has 0 spiro atoms. The van der Waals surface area contributed by atoms with Gasteiger partial charge in [-0.15, -0.1) is 11.3 Å². The van der Waals surface area contributed by atoms with E-state index in [9.17, 15) is 9.59 Å². The van der Waals surface area contributed by atoms with Gasteiger partial charge >= 0.3 is 5.97 Å². The van der Waals surface area contributed by atoms with Gasteiger partial charge in [0.15, 0.2) is 0 Å².